The minimum atomic E-state index is -1.18. The van der Waals surface area contributed by atoms with Crippen LogP contribution in [0.25, 0.3) is 0 Å². The highest BCUT2D eigenvalue weighted by molar-refractivity contribution is 5.75. The minimum Gasteiger partial charge on any atom is -0.481 e. The summed E-state index contributed by atoms with van der Waals surface area (Å²) in [5.74, 6) is -5.13. The molecule has 0 saturated carbocycles. The summed E-state index contributed by atoms with van der Waals surface area (Å²) in [6.07, 6.45) is -1.57. The Morgan fingerprint density at radius 1 is 0.769 bits per heavy atom. The van der Waals surface area contributed by atoms with Crippen LogP contribution in [0, 0.1) is 0 Å². The first-order valence-electron chi connectivity index (χ1n) is 6.84. The number of aliphatic carboxylic acids is 5. The van der Waals surface area contributed by atoms with E-state index < -0.39 is 48.0 Å². The van der Waals surface area contributed by atoms with E-state index in [1.54, 1.807) is 0 Å². The number of carbonyl (C=O) groups is 5. The van der Waals surface area contributed by atoms with Crippen LogP contribution in [0.2, 0.25) is 0 Å². The van der Waals surface area contributed by atoms with E-state index in [2.05, 4.69) is 0 Å². The van der Waals surface area contributed by atoms with Crippen LogP contribution in [0.4, 0.5) is 0 Å². The largest absolute Gasteiger partial charge is 0.481 e. The average Bonchev–Trinajstić information content (AvgIpc) is 2.44. The molecule has 154 valence electrons. The zero-order chi connectivity index (χ0) is 22.0. The minimum absolute atomic E-state index is 0.296. The molecule has 0 aliphatic carbocycles. The molecule has 26 heavy (non-hydrogen) atoms. The zero-order valence-electron chi connectivity index (χ0n) is 14.5. The second kappa shape index (κ2) is 18.6. The smallest absolute Gasteiger partial charge is 0.323 e. The number of rotatable bonds is 6. The summed E-state index contributed by atoms with van der Waals surface area (Å²) in [6, 6.07) is -1.89. The van der Waals surface area contributed by atoms with Gasteiger partial charge >= 0.3 is 23.9 Å². The van der Waals surface area contributed by atoms with Crippen molar-refractivity contribution in [1.29, 1.82) is 0 Å². The van der Waals surface area contributed by atoms with Gasteiger partial charge in [-0.1, -0.05) is 0 Å². The number of hydrogen-bond donors (Lipinski definition) is 8. The molecule has 0 aliphatic heterocycles. The molecule has 0 bridgehead atoms. The number of carboxylic acid groups (broad SMARTS) is 5. The first-order chi connectivity index (χ1) is 11.6. The van der Waals surface area contributed by atoms with Gasteiger partial charge in [0.2, 0.25) is 0 Å². The van der Waals surface area contributed by atoms with Crippen LogP contribution in [0.1, 0.15) is 33.6 Å². The van der Waals surface area contributed by atoms with Crippen LogP contribution in [0.3, 0.4) is 0 Å². The van der Waals surface area contributed by atoms with E-state index in [9.17, 15) is 19.2 Å². The van der Waals surface area contributed by atoms with Crippen molar-refractivity contribution < 1.29 is 54.6 Å². The fourth-order valence-electron chi connectivity index (χ4n) is 0.420. The molecule has 0 radical (unpaired) electrons. The van der Waals surface area contributed by atoms with E-state index >= 15 is 0 Å². The lowest BCUT2D eigenvalue weighted by atomic mass is 10.2. The Morgan fingerprint density at radius 2 is 1.00 bits per heavy atom. The Labute approximate surface area is 148 Å². The van der Waals surface area contributed by atoms with Crippen LogP contribution < -0.4 is 11.5 Å². The maximum Gasteiger partial charge on any atom is 0.323 e. The van der Waals surface area contributed by atoms with Crippen molar-refractivity contribution in [3.8, 4) is 0 Å². The van der Waals surface area contributed by atoms with Crippen molar-refractivity contribution >= 4 is 29.8 Å². The number of aliphatic hydroxyl groups is 1. The molecule has 0 heterocycles. The first kappa shape index (κ1) is 31.0. The molecule has 10 N–H and O–H groups in total. The third-order valence-electron chi connectivity index (χ3n) is 1.75. The summed E-state index contributed by atoms with van der Waals surface area (Å²) in [4.78, 5) is 47.7. The zero-order valence-corrected chi connectivity index (χ0v) is 14.5. The monoisotopic (exact) mass is 386 g/mol. The molecule has 13 nitrogen and oxygen atoms in total. The standard InChI is InChI=1S/C4H9NO3.C4H6O4.C3H7NO2.C2H4O2/c1-2(6)3(5)4(7)8;5-3(6)1-2-4(7)8;1-2(4)3(5)6;1-2(3)4/h2-3,6H,5H2,1H3,(H,7,8);1-2H2,(H,5,6)(H,7,8);2H,4H2,1H3,(H,5,6);1H3,(H,3,4)/t2-,3+;;2-;/m1.0./s1. The predicted octanol–water partition coefficient (Wildman–Crippen LogP) is -1.78. The van der Waals surface area contributed by atoms with E-state index in [0.29, 0.717) is 0 Å². The lowest BCUT2D eigenvalue weighted by molar-refractivity contribution is -0.143. The van der Waals surface area contributed by atoms with Gasteiger partial charge < -0.3 is 42.1 Å². The maximum atomic E-state index is 9.86. The van der Waals surface area contributed by atoms with Crippen LogP contribution in [-0.2, 0) is 24.0 Å². The quantitative estimate of drug-likeness (QED) is 0.251. The van der Waals surface area contributed by atoms with E-state index in [0.717, 1.165) is 6.92 Å². The highest BCUT2D eigenvalue weighted by atomic mass is 16.4. The summed E-state index contributed by atoms with van der Waals surface area (Å²) >= 11 is 0. The highest BCUT2D eigenvalue weighted by Gasteiger charge is 2.16. The summed E-state index contributed by atoms with van der Waals surface area (Å²) < 4.78 is 0. The SMILES string of the molecule is CC(=O)O.C[C@@H](O)[C@H](N)C(=O)O.C[C@H](N)C(=O)O.O=C(O)CCC(=O)O. The van der Waals surface area contributed by atoms with E-state index in [1.807, 2.05) is 0 Å². The summed E-state index contributed by atoms with van der Waals surface area (Å²) in [5, 5.41) is 47.6. The number of hydrogen-bond acceptors (Lipinski definition) is 8. The van der Waals surface area contributed by atoms with Crippen molar-refractivity contribution in [1.82, 2.24) is 0 Å². The van der Waals surface area contributed by atoms with Crippen molar-refractivity contribution in [2.75, 3.05) is 0 Å². The molecule has 0 amide bonds. The summed E-state index contributed by atoms with van der Waals surface area (Å²) in [7, 11) is 0. The van der Waals surface area contributed by atoms with Gasteiger partial charge in [0, 0.05) is 6.92 Å². The van der Waals surface area contributed by atoms with Gasteiger partial charge in [-0.05, 0) is 13.8 Å². The Bertz CT molecular complexity index is 431. The van der Waals surface area contributed by atoms with Crippen molar-refractivity contribution in [3.63, 3.8) is 0 Å². The van der Waals surface area contributed by atoms with Gasteiger partial charge in [-0.3, -0.25) is 24.0 Å². The number of carboxylic acids is 5. The van der Waals surface area contributed by atoms with E-state index in [-0.39, 0.29) is 12.8 Å². The van der Waals surface area contributed by atoms with Gasteiger partial charge in [-0.15, -0.1) is 0 Å². The van der Waals surface area contributed by atoms with Gasteiger partial charge in [0.1, 0.15) is 12.1 Å². The van der Waals surface area contributed by atoms with Crippen LogP contribution >= 0.6 is 0 Å². The topological polar surface area (TPSA) is 259 Å². The molecule has 0 aliphatic rings. The van der Waals surface area contributed by atoms with Gasteiger partial charge in [-0.2, -0.15) is 0 Å². The Kier molecular flexibility index (Phi) is 22.2. The fourth-order valence-corrected chi connectivity index (χ4v) is 0.420. The second-order valence-corrected chi connectivity index (χ2v) is 4.54. The Balaban J connectivity index is -0.000000128. The maximum absolute atomic E-state index is 9.86. The molecule has 3 atom stereocenters. The lowest BCUT2D eigenvalue weighted by Crippen LogP contribution is -2.39. The first-order valence-corrected chi connectivity index (χ1v) is 6.84. The van der Waals surface area contributed by atoms with Gasteiger partial charge in [-0.25, -0.2) is 0 Å². The molecule has 0 aromatic heterocycles. The van der Waals surface area contributed by atoms with Crippen LogP contribution in [0.15, 0.2) is 0 Å². The normalized spacial score (nSPS) is 12.1. The number of aliphatic hydroxyl groups excluding tert-OH is 1. The van der Waals surface area contributed by atoms with Gasteiger partial charge in [0.05, 0.1) is 18.9 Å². The molecule has 0 spiro atoms. The predicted molar refractivity (Wildman–Crippen MR) is 86.4 cm³/mol. The second-order valence-electron chi connectivity index (χ2n) is 4.54. The lowest BCUT2D eigenvalue weighted by Gasteiger charge is -2.06. The summed E-state index contributed by atoms with van der Waals surface area (Å²) in [6.45, 7) is 3.83. The van der Waals surface area contributed by atoms with Gasteiger partial charge in [0.25, 0.3) is 5.97 Å². The Morgan fingerprint density at radius 3 is 1.04 bits per heavy atom. The molecule has 0 fully saturated rings. The fraction of sp³-hybridized carbons (Fsp3) is 0.615. The molecule has 0 aromatic carbocycles. The van der Waals surface area contributed by atoms with Crippen molar-refractivity contribution in [2.45, 2.75) is 51.8 Å². The van der Waals surface area contributed by atoms with Gasteiger partial charge in [0.15, 0.2) is 0 Å². The molecular formula is C13H26N2O11. The van der Waals surface area contributed by atoms with E-state index in [1.165, 1.54) is 13.8 Å². The highest BCUT2D eigenvalue weighted by Crippen LogP contribution is 1.86. The average molecular weight is 386 g/mol. The molecule has 0 rings (SSSR count). The van der Waals surface area contributed by atoms with Crippen molar-refractivity contribution in [3.05, 3.63) is 0 Å². The summed E-state index contributed by atoms with van der Waals surface area (Å²) in [5.41, 5.74) is 9.75. The number of nitrogens with two attached hydrogens (primary N) is 2. The Hall–Kier alpha value is -2.77. The molecule has 13 heteroatoms. The van der Waals surface area contributed by atoms with E-state index in [4.69, 9.17) is 46.9 Å². The molecular weight excluding hydrogens is 360 g/mol. The molecule has 0 aromatic rings. The third kappa shape index (κ3) is 42.9. The van der Waals surface area contributed by atoms with Crippen LogP contribution in [-0.4, -0.2) is 78.7 Å². The van der Waals surface area contributed by atoms with Crippen LogP contribution in [0.5, 0.6) is 0 Å². The van der Waals surface area contributed by atoms with Crippen molar-refractivity contribution in [2.24, 2.45) is 11.5 Å². The molecule has 0 unspecified atom stereocenters. The third-order valence-corrected chi connectivity index (χ3v) is 1.75. The molecule has 0 saturated heterocycles.